The van der Waals surface area contributed by atoms with Gasteiger partial charge >= 0.3 is 6.03 Å². The Bertz CT molecular complexity index is 662. The van der Waals surface area contributed by atoms with E-state index in [1.54, 1.807) is 30.1 Å². The molecule has 2 aromatic rings. The van der Waals surface area contributed by atoms with Gasteiger partial charge in [0, 0.05) is 30.4 Å². The van der Waals surface area contributed by atoms with Crippen molar-refractivity contribution in [1.29, 1.82) is 0 Å². The highest BCUT2D eigenvalue weighted by atomic mass is 32.2. The zero-order valence-corrected chi connectivity index (χ0v) is 14.2. The predicted molar refractivity (Wildman–Crippen MR) is 95.6 cm³/mol. The molecule has 0 atom stereocenters. The summed E-state index contributed by atoms with van der Waals surface area (Å²) >= 11 is 1.74. The summed E-state index contributed by atoms with van der Waals surface area (Å²) in [6.45, 7) is 2.58. The first kappa shape index (κ1) is 17.8. The Morgan fingerprint density at radius 1 is 1.12 bits per heavy atom. The molecule has 0 saturated carbocycles. The van der Waals surface area contributed by atoms with E-state index in [-0.39, 0.29) is 0 Å². The molecular formula is C17H20N4O2S. The SMILES string of the molecule is Cc1ccc(CSCCNC(=O)NNC(=O)c2cccnc2)cc1. The van der Waals surface area contributed by atoms with Crippen molar-refractivity contribution in [3.8, 4) is 0 Å². The van der Waals surface area contributed by atoms with Gasteiger partial charge in [0.25, 0.3) is 5.91 Å². The molecule has 6 nitrogen and oxygen atoms in total. The van der Waals surface area contributed by atoms with Crippen molar-refractivity contribution in [2.75, 3.05) is 12.3 Å². The van der Waals surface area contributed by atoms with Gasteiger partial charge in [-0.2, -0.15) is 11.8 Å². The Morgan fingerprint density at radius 3 is 2.62 bits per heavy atom. The van der Waals surface area contributed by atoms with E-state index in [0.29, 0.717) is 12.1 Å². The van der Waals surface area contributed by atoms with Gasteiger partial charge in [0.05, 0.1) is 5.56 Å². The summed E-state index contributed by atoms with van der Waals surface area (Å²) in [5.41, 5.74) is 7.52. The summed E-state index contributed by atoms with van der Waals surface area (Å²) in [4.78, 5) is 27.1. The van der Waals surface area contributed by atoms with Gasteiger partial charge in [-0.3, -0.25) is 15.2 Å². The predicted octanol–water partition coefficient (Wildman–Crippen LogP) is 2.27. The van der Waals surface area contributed by atoms with Crippen molar-refractivity contribution in [1.82, 2.24) is 21.2 Å². The number of carbonyl (C=O) groups excluding carboxylic acids is 2. The van der Waals surface area contributed by atoms with Crippen molar-refractivity contribution >= 4 is 23.7 Å². The number of nitrogens with zero attached hydrogens (tertiary/aromatic N) is 1. The lowest BCUT2D eigenvalue weighted by molar-refractivity contribution is 0.0936. The summed E-state index contributed by atoms with van der Waals surface area (Å²) in [5.74, 6) is 1.28. The third kappa shape index (κ3) is 6.29. The minimum Gasteiger partial charge on any atom is -0.336 e. The van der Waals surface area contributed by atoms with E-state index in [1.165, 1.54) is 17.3 Å². The second-order valence-corrected chi connectivity index (χ2v) is 6.22. The number of aromatic nitrogens is 1. The maximum absolute atomic E-state index is 11.7. The van der Waals surface area contributed by atoms with Crippen LogP contribution in [-0.4, -0.2) is 29.2 Å². The molecule has 1 aromatic heterocycles. The van der Waals surface area contributed by atoms with Gasteiger partial charge < -0.3 is 5.32 Å². The fourth-order valence-electron chi connectivity index (χ4n) is 1.84. The van der Waals surface area contributed by atoms with Gasteiger partial charge in [0.2, 0.25) is 0 Å². The Labute approximate surface area is 145 Å². The highest BCUT2D eigenvalue weighted by molar-refractivity contribution is 7.98. The zero-order chi connectivity index (χ0) is 17.2. The van der Waals surface area contributed by atoms with Crippen molar-refractivity contribution in [2.45, 2.75) is 12.7 Å². The quantitative estimate of drug-likeness (QED) is 0.554. The molecule has 0 aliphatic carbocycles. The number of carbonyl (C=O) groups is 2. The van der Waals surface area contributed by atoms with E-state index in [4.69, 9.17) is 0 Å². The number of pyridine rings is 1. The van der Waals surface area contributed by atoms with Gasteiger partial charge in [-0.25, -0.2) is 10.2 Å². The number of hydrazine groups is 1. The number of amides is 3. The van der Waals surface area contributed by atoms with Crippen LogP contribution in [0.25, 0.3) is 0 Å². The third-order valence-corrected chi connectivity index (χ3v) is 4.16. The first-order valence-corrected chi connectivity index (χ1v) is 8.68. The molecule has 126 valence electrons. The van der Waals surface area contributed by atoms with Crippen molar-refractivity contribution in [2.24, 2.45) is 0 Å². The van der Waals surface area contributed by atoms with Crippen LogP contribution in [0.4, 0.5) is 4.79 Å². The van der Waals surface area contributed by atoms with E-state index >= 15 is 0 Å². The zero-order valence-electron chi connectivity index (χ0n) is 13.4. The highest BCUT2D eigenvalue weighted by Gasteiger charge is 2.06. The van der Waals surface area contributed by atoms with Crippen LogP contribution in [0.1, 0.15) is 21.5 Å². The maximum Gasteiger partial charge on any atom is 0.333 e. The molecule has 0 unspecified atom stereocenters. The molecule has 3 amide bonds. The Morgan fingerprint density at radius 2 is 1.92 bits per heavy atom. The molecule has 0 fully saturated rings. The van der Waals surface area contributed by atoms with E-state index in [9.17, 15) is 9.59 Å². The Balaban J connectivity index is 1.56. The standard InChI is InChI=1S/C17H20N4O2S/c1-13-4-6-14(7-5-13)12-24-10-9-19-17(23)21-20-16(22)15-3-2-8-18-11-15/h2-8,11H,9-10,12H2,1H3,(H,20,22)(H2,19,21,23). The Hall–Kier alpha value is -2.54. The second kappa shape index (κ2) is 9.57. The van der Waals surface area contributed by atoms with Crippen LogP contribution in [0.15, 0.2) is 48.8 Å². The first-order chi connectivity index (χ1) is 11.6. The van der Waals surface area contributed by atoms with Crippen LogP contribution in [0.2, 0.25) is 0 Å². The van der Waals surface area contributed by atoms with Gasteiger partial charge in [0.15, 0.2) is 0 Å². The number of benzene rings is 1. The summed E-state index contributed by atoms with van der Waals surface area (Å²) in [5, 5.41) is 2.68. The first-order valence-electron chi connectivity index (χ1n) is 7.52. The van der Waals surface area contributed by atoms with Gasteiger partial charge in [0.1, 0.15) is 0 Å². The average molecular weight is 344 g/mol. The number of urea groups is 1. The van der Waals surface area contributed by atoms with Crippen LogP contribution in [0.3, 0.4) is 0 Å². The molecule has 1 heterocycles. The molecule has 2 rings (SSSR count). The van der Waals surface area contributed by atoms with Gasteiger partial charge in [-0.15, -0.1) is 0 Å². The topological polar surface area (TPSA) is 83.1 Å². The number of rotatable bonds is 6. The minimum atomic E-state index is -0.442. The van der Waals surface area contributed by atoms with Crippen LogP contribution in [0, 0.1) is 6.92 Å². The molecule has 0 bridgehead atoms. The molecular weight excluding hydrogens is 324 g/mol. The van der Waals surface area contributed by atoms with E-state index in [0.717, 1.165) is 11.5 Å². The smallest absolute Gasteiger partial charge is 0.333 e. The van der Waals surface area contributed by atoms with Crippen LogP contribution in [0.5, 0.6) is 0 Å². The molecule has 24 heavy (non-hydrogen) atoms. The minimum absolute atomic E-state index is 0.381. The summed E-state index contributed by atoms with van der Waals surface area (Å²) in [7, 11) is 0. The van der Waals surface area contributed by atoms with Crippen molar-refractivity contribution in [3.63, 3.8) is 0 Å². The largest absolute Gasteiger partial charge is 0.336 e. The number of hydrogen-bond donors (Lipinski definition) is 3. The molecule has 7 heteroatoms. The normalized spacial score (nSPS) is 10.0. The maximum atomic E-state index is 11.7. The molecule has 0 spiro atoms. The molecule has 3 N–H and O–H groups in total. The van der Waals surface area contributed by atoms with E-state index < -0.39 is 11.9 Å². The summed E-state index contributed by atoms with van der Waals surface area (Å²) < 4.78 is 0. The molecule has 0 saturated heterocycles. The summed E-state index contributed by atoms with van der Waals surface area (Å²) in [6, 6.07) is 11.2. The molecule has 0 aliphatic heterocycles. The lowest BCUT2D eigenvalue weighted by Crippen LogP contribution is -2.47. The lowest BCUT2D eigenvalue weighted by atomic mass is 10.2. The third-order valence-electron chi connectivity index (χ3n) is 3.13. The summed E-state index contributed by atoms with van der Waals surface area (Å²) in [6.07, 6.45) is 3.00. The van der Waals surface area contributed by atoms with E-state index in [1.807, 2.05) is 0 Å². The lowest BCUT2D eigenvalue weighted by Gasteiger charge is -2.09. The van der Waals surface area contributed by atoms with Crippen LogP contribution in [-0.2, 0) is 5.75 Å². The number of hydrogen-bond acceptors (Lipinski definition) is 4. The van der Waals surface area contributed by atoms with Crippen LogP contribution >= 0.6 is 11.8 Å². The van der Waals surface area contributed by atoms with Crippen molar-refractivity contribution < 1.29 is 9.59 Å². The van der Waals surface area contributed by atoms with Crippen LogP contribution < -0.4 is 16.2 Å². The monoisotopic (exact) mass is 344 g/mol. The molecule has 0 aliphatic rings. The molecule has 0 radical (unpaired) electrons. The molecule has 1 aromatic carbocycles. The number of aryl methyl sites for hydroxylation is 1. The fraction of sp³-hybridized carbons (Fsp3) is 0.235. The number of thioether (sulfide) groups is 1. The Kier molecular flexibility index (Phi) is 7.10. The second-order valence-electron chi connectivity index (χ2n) is 5.11. The van der Waals surface area contributed by atoms with E-state index in [2.05, 4.69) is 52.3 Å². The van der Waals surface area contributed by atoms with Crippen molar-refractivity contribution in [3.05, 3.63) is 65.5 Å². The fourth-order valence-corrected chi connectivity index (χ4v) is 2.66. The number of nitrogens with one attached hydrogen (secondary N) is 3. The highest BCUT2D eigenvalue weighted by Crippen LogP contribution is 2.12. The van der Waals surface area contributed by atoms with Gasteiger partial charge in [-0.1, -0.05) is 29.8 Å². The van der Waals surface area contributed by atoms with Gasteiger partial charge in [-0.05, 0) is 24.6 Å². The average Bonchev–Trinajstić information content (AvgIpc) is 2.61.